The van der Waals surface area contributed by atoms with Crippen LogP contribution in [0.4, 0.5) is 0 Å². The van der Waals surface area contributed by atoms with Crippen LogP contribution in [-0.2, 0) is 4.74 Å². The molecule has 2 heterocycles. The van der Waals surface area contributed by atoms with E-state index in [0.717, 1.165) is 44.0 Å². The topological polar surface area (TPSA) is 45.5 Å². The van der Waals surface area contributed by atoms with Gasteiger partial charge < -0.3 is 14.4 Å². The van der Waals surface area contributed by atoms with Gasteiger partial charge in [-0.3, -0.25) is 5.41 Å². The first-order valence-corrected chi connectivity index (χ1v) is 6.49. The molecule has 1 aromatic rings. The van der Waals surface area contributed by atoms with Crippen molar-refractivity contribution in [1.29, 1.82) is 5.41 Å². The molecule has 0 radical (unpaired) electrons. The van der Waals surface area contributed by atoms with Gasteiger partial charge in [0.05, 0.1) is 19.8 Å². The molecule has 0 aromatic heterocycles. The predicted octanol–water partition coefficient (Wildman–Crippen LogP) is 1.86. The monoisotopic (exact) mass is 246 g/mol. The van der Waals surface area contributed by atoms with Gasteiger partial charge in [-0.15, -0.1) is 0 Å². The molecule has 18 heavy (non-hydrogen) atoms. The zero-order valence-electron chi connectivity index (χ0n) is 10.4. The number of fused-ring (bicyclic) bond motifs is 1. The van der Waals surface area contributed by atoms with E-state index in [-0.39, 0.29) is 5.92 Å². The fourth-order valence-corrected chi connectivity index (χ4v) is 2.65. The van der Waals surface area contributed by atoms with Crippen molar-refractivity contribution in [3.63, 3.8) is 0 Å². The van der Waals surface area contributed by atoms with Gasteiger partial charge in [-0.1, -0.05) is 18.2 Å². The SMILES string of the molecule is N=C(C1CCOc2ccccc21)N1CCOCC1. The fourth-order valence-electron chi connectivity index (χ4n) is 2.65. The third-order valence-electron chi connectivity index (χ3n) is 3.64. The van der Waals surface area contributed by atoms with Crippen LogP contribution in [0, 0.1) is 5.41 Å². The highest BCUT2D eigenvalue weighted by Gasteiger charge is 2.28. The summed E-state index contributed by atoms with van der Waals surface area (Å²) in [5.74, 6) is 1.83. The maximum absolute atomic E-state index is 8.42. The molecular formula is C14H18N2O2. The van der Waals surface area contributed by atoms with Crippen LogP contribution in [0.3, 0.4) is 0 Å². The molecule has 2 aliphatic heterocycles. The van der Waals surface area contributed by atoms with Crippen molar-refractivity contribution in [2.45, 2.75) is 12.3 Å². The van der Waals surface area contributed by atoms with E-state index < -0.39 is 0 Å². The highest BCUT2D eigenvalue weighted by molar-refractivity contribution is 5.87. The molecule has 0 bridgehead atoms. The van der Waals surface area contributed by atoms with E-state index in [1.54, 1.807) is 0 Å². The van der Waals surface area contributed by atoms with E-state index in [2.05, 4.69) is 11.0 Å². The molecule has 1 fully saturated rings. The zero-order chi connectivity index (χ0) is 12.4. The maximum Gasteiger partial charge on any atom is 0.123 e. The van der Waals surface area contributed by atoms with E-state index in [1.807, 2.05) is 18.2 Å². The molecule has 1 saturated heterocycles. The van der Waals surface area contributed by atoms with Crippen LogP contribution in [0.15, 0.2) is 24.3 Å². The summed E-state index contributed by atoms with van der Waals surface area (Å²) in [6, 6.07) is 8.08. The number of nitrogens with zero attached hydrogens (tertiary/aromatic N) is 1. The summed E-state index contributed by atoms with van der Waals surface area (Å²) in [4.78, 5) is 2.14. The first-order valence-electron chi connectivity index (χ1n) is 6.49. The number of para-hydroxylation sites is 1. The molecule has 2 aliphatic rings. The first-order chi connectivity index (χ1) is 8.86. The summed E-state index contributed by atoms with van der Waals surface area (Å²) in [5.41, 5.74) is 1.15. The molecule has 1 N–H and O–H groups in total. The lowest BCUT2D eigenvalue weighted by molar-refractivity contribution is 0.0659. The van der Waals surface area contributed by atoms with Crippen LogP contribution >= 0.6 is 0 Å². The third-order valence-corrected chi connectivity index (χ3v) is 3.64. The number of ether oxygens (including phenoxy) is 2. The minimum absolute atomic E-state index is 0.174. The van der Waals surface area contributed by atoms with Crippen LogP contribution in [0.1, 0.15) is 17.9 Å². The van der Waals surface area contributed by atoms with Crippen molar-refractivity contribution < 1.29 is 9.47 Å². The average Bonchev–Trinajstić information content (AvgIpc) is 2.47. The Hall–Kier alpha value is -1.55. The van der Waals surface area contributed by atoms with Crippen molar-refractivity contribution in [2.75, 3.05) is 32.9 Å². The smallest absolute Gasteiger partial charge is 0.123 e. The molecule has 3 rings (SSSR count). The van der Waals surface area contributed by atoms with Crippen LogP contribution in [0.25, 0.3) is 0 Å². The van der Waals surface area contributed by atoms with Crippen molar-refractivity contribution in [3.05, 3.63) is 29.8 Å². The molecule has 0 spiro atoms. The molecular weight excluding hydrogens is 228 g/mol. The second-order valence-corrected chi connectivity index (χ2v) is 4.71. The average molecular weight is 246 g/mol. The Morgan fingerprint density at radius 2 is 1.94 bits per heavy atom. The van der Waals surface area contributed by atoms with Gasteiger partial charge in [0.15, 0.2) is 0 Å². The summed E-state index contributed by atoms with van der Waals surface area (Å²) >= 11 is 0. The standard InChI is InChI=1S/C14H18N2O2/c15-14(16-6-9-17-10-7-16)12-5-8-18-13-4-2-1-3-11(12)13/h1-4,12,15H,5-10H2. The van der Waals surface area contributed by atoms with E-state index in [1.165, 1.54) is 0 Å². The Morgan fingerprint density at radius 1 is 1.17 bits per heavy atom. The number of morpholine rings is 1. The Bertz CT molecular complexity index is 441. The number of hydrogen-bond acceptors (Lipinski definition) is 3. The first kappa shape index (κ1) is 11.5. The second kappa shape index (κ2) is 4.98. The number of nitrogens with one attached hydrogen (secondary N) is 1. The van der Waals surface area contributed by atoms with E-state index in [4.69, 9.17) is 14.9 Å². The van der Waals surface area contributed by atoms with Gasteiger partial charge in [0, 0.05) is 24.6 Å². The molecule has 4 heteroatoms. The Kier molecular flexibility index (Phi) is 3.19. The summed E-state index contributed by atoms with van der Waals surface area (Å²) in [7, 11) is 0. The van der Waals surface area contributed by atoms with Gasteiger partial charge in [-0.05, 0) is 12.5 Å². The van der Waals surface area contributed by atoms with Crippen LogP contribution in [0.2, 0.25) is 0 Å². The maximum atomic E-state index is 8.42. The van der Waals surface area contributed by atoms with E-state index in [0.29, 0.717) is 12.4 Å². The third kappa shape index (κ3) is 2.08. The van der Waals surface area contributed by atoms with Gasteiger partial charge >= 0.3 is 0 Å². The lowest BCUT2D eigenvalue weighted by Gasteiger charge is -2.35. The number of hydrogen-bond donors (Lipinski definition) is 1. The predicted molar refractivity (Wildman–Crippen MR) is 69.4 cm³/mol. The summed E-state index contributed by atoms with van der Waals surface area (Å²) in [6.45, 7) is 3.83. The second-order valence-electron chi connectivity index (χ2n) is 4.71. The Morgan fingerprint density at radius 3 is 2.78 bits per heavy atom. The highest BCUT2D eigenvalue weighted by Crippen LogP contribution is 2.34. The molecule has 1 atom stereocenters. The number of amidine groups is 1. The summed E-state index contributed by atoms with van der Waals surface area (Å²) < 4.78 is 11.0. The van der Waals surface area contributed by atoms with Gasteiger partial charge in [-0.2, -0.15) is 0 Å². The van der Waals surface area contributed by atoms with Crippen molar-refractivity contribution >= 4 is 5.84 Å². The fraction of sp³-hybridized carbons (Fsp3) is 0.500. The molecule has 1 aromatic carbocycles. The van der Waals surface area contributed by atoms with Crippen LogP contribution in [0.5, 0.6) is 5.75 Å². The summed E-state index contributed by atoms with van der Waals surface area (Å²) in [5, 5.41) is 8.42. The molecule has 96 valence electrons. The molecule has 1 unspecified atom stereocenters. The number of rotatable bonds is 1. The largest absolute Gasteiger partial charge is 0.493 e. The summed E-state index contributed by atoms with van der Waals surface area (Å²) in [6.07, 6.45) is 0.896. The minimum Gasteiger partial charge on any atom is -0.493 e. The highest BCUT2D eigenvalue weighted by atomic mass is 16.5. The van der Waals surface area contributed by atoms with Gasteiger partial charge in [0.2, 0.25) is 0 Å². The van der Waals surface area contributed by atoms with E-state index >= 15 is 0 Å². The number of benzene rings is 1. The lowest BCUT2D eigenvalue weighted by atomic mass is 9.91. The molecule has 0 saturated carbocycles. The van der Waals surface area contributed by atoms with Gasteiger partial charge in [0.1, 0.15) is 11.6 Å². The van der Waals surface area contributed by atoms with Crippen molar-refractivity contribution in [2.24, 2.45) is 0 Å². The minimum atomic E-state index is 0.174. The zero-order valence-corrected chi connectivity index (χ0v) is 10.4. The quantitative estimate of drug-likeness (QED) is 0.607. The molecule has 0 aliphatic carbocycles. The molecule has 0 amide bonds. The Balaban J connectivity index is 1.82. The van der Waals surface area contributed by atoms with Gasteiger partial charge in [-0.25, -0.2) is 0 Å². The van der Waals surface area contributed by atoms with Crippen molar-refractivity contribution in [3.8, 4) is 5.75 Å². The Labute approximate surface area is 107 Å². The van der Waals surface area contributed by atoms with Crippen LogP contribution < -0.4 is 4.74 Å². The van der Waals surface area contributed by atoms with Gasteiger partial charge in [0.25, 0.3) is 0 Å². The van der Waals surface area contributed by atoms with Crippen molar-refractivity contribution in [1.82, 2.24) is 4.90 Å². The molecule has 4 nitrogen and oxygen atoms in total. The normalized spacial score (nSPS) is 23.1. The van der Waals surface area contributed by atoms with E-state index in [9.17, 15) is 0 Å². The lowest BCUT2D eigenvalue weighted by Crippen LogP contribution is -2.43. The van der Waals surface area contributed by atoms with Crippen LogP contribution in [-0.4, -0.2) is 43.6 Å².